The Balaban J connectivity index is 1.59. The summed E-state index contributed by atoms with van der Waals surface area (Å²) in [6.45, 7) is 4.55. The maximum atomic E-state index is 4.69. The number of rotatable bonds is 5. The summed E-state index contributed by atoms with van der Waals surface area (Å²) >= 11 is 0. The molecule has 5 rings (SSSR count). The number of anilines is 1. The molecule has 144 valence electrons. The monoisotopic (exact) mass is 386 g/mol. The molecule has 10 nitrogen and oxygen atoms in total. The highest BCUT2D eigenvalue weighted by Gasteiger charge is 2.20. The zero-order chi connectivity index (χ0) is 19.8. The summed E-state index contributed by atoms with van der Waals surface area (Å²) in [6.07, 6.45) is 3.67. The van der Waals surface area contributed by atoms with Crippen molar-refractivity contribution in [1.29, 1.82) is 0 Å². The number of fused-ring (bicyclic) bond motifs is 1. The molecule has 0 atom stereocenters. The Morgan fingerprint density at radius 1 is 1.17 bits per heavy atom. The van der Waals surface area contributed by atoms with Crippen molar-refractivity contribution in [1.82, 2.24) is 45.4 Å². The van der Waals surface area contributed by atoms with Crippen LogP contribution < -0.4 is 5.32 Å². The Hall–Kier alpha value is -4.08. The van der Waals surface area contributed by atoms with Gasteiger partial charge in [-0.05, 0) is 43.3 Å². The van der Waals surface area contributed by atoms with Gasteiger partial charge in [0.25, 0.3) is 5.95 Å². The third-order valence-electron chi connectivity index (χ3n) is 4.79. The minimum absolute atomic E-state index is 0.407. The summed E-state index contributed by atoms with van der Waals surface area (Å²) in [5, 5.41) is 23.2. The van der Waals surface area contributed by atoms with Crippen LogP contribution >= 0.6 is 0 Å². The quantitative estimate of drug-likeness (QED) is 0.424. The maximum absolute atomic E-state index is 4.69. The normalized spacial score (nSPS) is 11.2. The van der Waals surface area contributed by atoms with Crippen molar-refractivity contribution in [3.05, 3.63) is 59.8 Å². The van der Waals surface area contributed by atoms with Crippen molar-refractivity contribution < 1.29 is 0 Å². The fourth-order valence-corrected chi connectivity index (χ4v) is 3.49. The van der Waals surface area contributed by atoms with Crippen LogP contribution in [0.15, 0.2) is 42.7 Å². The number of H-pyrrole nitrogens is 2. The topological polar surface area (TPSA) is 126 Å². The number of nitrogens with one attached hydrogen (secondary N) is 3. The largest absolute Gasteiger partial charge is 0.364 e. The molecule has 0 spiro atoms. The molecule has 0 aliphatic heterocycles. The van der Waals surface area contributed by atoms with Gasteiger partial charge in [0.2, 0.25) is 0 Å². The van der Waals surface area contributed by atoms with E-state index in [-0.39, 0.29) is 0 Å². The Bertz CT molecular complexity index is 1270. The first kappa shape index (κ1) is 17.0. The smallest absolute Gasteiger partial charge is 0.290 e. The van der Waals surface area contributed by atoms with Crippen molar-refractivity contribution in [3.63, 3.8) is 0 Å². The molecule has 5 heterocycles. The van der Waals surface area contributed by atoms with Crippen LogP contribution in [0.3, 0.4) is 0 Å². The van der Waals surface area contributed by atoms with Gasteiger partial charge >= 0.3 is 0 Å². The number of aryl methyl sites for hydroxylation is 1. The first-order chi connectivity index (χ1) is 14.2. The molecule has 0 saturated carbocycles. The van der Waals surface area contributed by atoms with Crippen molar-refractivity contribution in [2.45, 2.75) is 20.4 Å². The average molecular weight is 386 g/mol. The second-order valence-electron chi connectivity index (χ2n) is 6.64. The fraction of sp³-hybridized carbons (Fsp3) is 0.158. The lowest BCUT2D eigenvalue weighted by Gasteiger charge is -2.10. The zero-order valence-corrected chi connectivity index (χ0v) is 15.9. The number of hydrogen-bond acceptors (Lipinski definition) is 7. The van der Waals surface area contributed by atoms with Crippen LogP contribution in [0, 0.1) is 13.8 Å². The highest BCUT2D eigenvalue weighted by atomic mass is 15.5. The molecule has 5 aromatic heterocycles. The SMILES string of the molecule is Cc1nn(-c2nn[nH]n2)c(C)c1-c1cc(NCc2ccccn2)nc2[nH]ccc12. The summed E-state index contributed by atoms with van der Waals surface area (Å²) in [5.74, 6) is 1.16. The third-order valence-corrected chi connectivity index (χ3v) is 4.79. The van der Waals surface area contributed by atoms with Crippen LogP contribution in [0.25, 0.3) is 28.1 Å². The van der Waals surface area contributed by atoms with Crippen molar-refractivity contribution >= 4 is 16.9 Å². The van der Waals surface area contributed by atoms with E-state index in [0.29, 0.717) is 12.5 Å². The molecule has 0 saturated heterocycles. The van der Waals surface area contributed by atoms with Crippen LogP contribution in [0.5, 0.6) is 0 Å². The molecule has 29 heavy (non-hydrogen) atoms. The number of pyridine rings is 2. The Morgan fingerprint density at radius 3 is 2.90 bits per heavy atom. The number of aromatic nitrogens is 9. The molecule has 0 aliphatic rings. The lowest BCUT2D eigenvalue weighted by atomic mass is 10.0. The van der Waals surface area contributed by atoms with Gasteiger partial charge < -0.3 is 10.3 Å². The summed E-state index contributed by atoms with van der Waals surface area (Å²) in [7, 11) is 0. The highest BCUT2D eigenvalue weighted by molar-refractivity contribution is 5.96. The van der Waals surface area contributed by atoms with Gasteiger partial charge in [-0.25, -0.2) is 4.98 Å². The van der Waals surface area contributed by atoms with Gasteiger partial charge in [0, 0.05) is 28.9 Å². The number of hydrogen-bond donors (Lipinski definition) is 3. The Morgan fingerprint density at radius 2 is 2.10 bits per heavy atom. The second kappa shape index (κ2) is 6.82. The van der Waals surface area contributed by atoms with E-state index in [4.69, 9.17) is 4.98 Å². The predicted octanol–water partition coefficient (Wildman–Crippen LogP) is 2.55. The molecule has 0 aliphatic carbocycles. The second-order valence-corrected chi connectivity index (χ2v) is 6.64. The molecule has 0 bridgehead atoms. The number of nitrogens with zero attached hydrogens (tertiary/aromatic N) is 7. The average Bonchev–Trinajstić information content (AvgIpc) is 3.47. The van der Waals surface area contributed by atoms with Gasteiger partial charge in [0.15, 0.2) is 0 Å². The van der Waals surface area contributed by atoms with Crippen molar-refractivity contribution in [3.8, 4) is 17.1 Å². The molecular weight excluding hydrogens is 368 g/mol. The van der Waals surface area contributed by atoms with Gasteiger partial charge in [0.1, 0.15) is 11.5 Å². The van der Waals surface area contributed by atoms with Crippen LogP contribution in [0.2, 0.25) is 0 Å². The van der Waals surface area contributed by atoms with Crippen molar-refractivity contribution in [2.24, 2.45) is 0 Å². The first-order valence-corrected chi connectivity index (χ1v) is 9.13. The Kier molecular flexibility index (Phi) is 4.01. The van der Waals surface area contributed by atoms with E-state index in [0.717, 1.165) is 45.1 Å². The van der Waals surface area contributed by atoms with Crippen LogP contribution in [-0.2, 0) is 6.54 Å². The molecule has 0 amide bonds. The van der Waals surface area contributed by atoms with Gasteiger partial charge in [-0.1, -0.05) is 11.2 Å². The van der Waals surface area contributed by atoms with Gasteiger partial charge in [-0.2, -0.15) is 15.0 Å². The molecule has 0 unspecified atom stereocenters. The predicted molar refractivity (Wildman–Crippen MR) is 107 cm³/mol. The minimum atomic E-state index is 0.407. The van der Waals surface area contributed by atoms with E-state index in [9.17, 15) is 0 Å². The van der Waals surface area contributed by atoms with Crippen LogP contribution in [0.1, 0.15) is 17.1 Å². The van der Waals surface area contributed by atoms with E-state index in [1.807, 2.05) is 50.4 Å². The van der Waals surface area contributed by atoms with Gasteiger partial charge in [-0.15, -0.1) is 5.10 Å². The number of tetrazole rings is 1. The standard InChI is InChI=1S/C19H18N10/c1-11-17(12(2)29(26-11)19-24-27-28-25-19)15-9-16(23-18-14(15)6-8-21-18)22-10-13-5-3-4-7-20-13/h3-9H,10H2,1-2H3,(H2,21,22,23)(H,24,25,27,28). The van der Waals surface area contributed by atoms with Gasteiger partial charge in [0.05, 0.1) is 23.6 Å². The molecule has 0 aromatic carbocycles. The highest BCUT2D eigenvalue weighted by Crippen LogP contribution is 2.34. The summed E-state index contributed by atoms with van der Waals surface area (Å²) in [5.41, 5.74) is 5.59. The molecule has 5 aromatic rings. The molecule has 10 heteroatoms. The fourth-order valence-electron chi connectivity index (χ4n) is 3.49. The summed E-state index contributed by atoms with van der Waals surface area (Å²) < 4.78 is 1.69. The lowest BCUT2D eigenvalue weighted by Crippen LogP contribution is -2.04. The van der Waals surface area contributed by atoms with Crippen LogP contribution in [-0.4, -0.2) is 45.4 Å². The summed E-state index contributed by atoms with van der Waals surface area (Å²) in [6, 6.07) is 9.90. The van der Waals surface area contributed by atoms with Crippen LogP contribution in [0.4, 0.5) is 5.82 Å². The third kappa shape index (κ3) is 3.00. The zero-order valence-electron chi connectivity index (χ0n) is 15.9. The lowest BCUT2D eigenvalue weighted by molar-refractivity contribution is 0.777. The first-order valence-electron chi connectivity index (χ1n) is 9.13. The summed E-state index contributed by atoms with van der Waals surface area (Å²) in [4.78, 5) is 12.3. The molecular formula is C19H18N10. The minimum Gasteiger partial charge on any atom is -0.364 e. The van der Waals surface area contributed by atoms with E-state index in [1.54, 1.807) is 10.9 Å². The van der Waals surface area contributed by atoms with E-state index in [1.165, 1.54) is 0 Å². The maximum Gasteiger partial charge on any atom is 0.290 e. The van der Waals surface area contributed by atoms with E-state index in [2.05, 4.69) is 41.0 Å². The molecule has 3 N–H and O–H groups in total. The molecule has 0 fully saturated rings. The van der Waals surface area contributed by atoms with E-state index >= 15 is 0 Å². The van der Waals surface area contributed by atoms with E-state index < -0.39 is 0 Å². The van der Waals surface area contributed by atoms with Gasteiger partial charge in [-0.3, -0.25) is 4.98 Å². The van der Waals surface area contributed by atoms with Crippen molar-refractivity contribution in [2.75, 3.05) is 5.32 Å². The Labute approximate surface area is 165 Å². The molecule has 0 radical (unpaired) electrons. The number of aromatic amines is 2.